The van der Waals surface area contributed by atoms with Gasteiger partial charge in [0.25, 0.3) is 0 Å². The molecule has 3 rings (SSSR count). The van der Waals surface area contributed by atoms with Crippen molar-refractivity contribution < 1.29 is 40.7 Å². The highest BCUT2D eigenvalue weighted by atomic mass is 19.4. The summed E-state index contributed by atoms with van der Waals surface area (Å²) in [5.41, 5.74) is -3.77. The summed E-state index contributed by atoms with van der Waals surface area (Å²) in [6.45, 7) is 4.72. The molecule has 4 nitrogen and oxygen atoms in total. The number of rotatable bonds is 7. The number of hydrogen-bond acceptors (Lipinski definition) is 3. The van der Waals surface area contributed by atoms with E-state index in [9.17, 15) is 35.9 Å². The van der Waals surface area contributed by atoms with Crippen LogP contribution in [0, 0.1) is 5.41 Å². The van der Waals surface area contributed by atoms with Crippen molar-refractivity contribution >= 4 is 17.6 Å². The van der Waals surface area contributed by atoms with E-state index < -0.39 is 40.8 Å². The van der Waals surface area contributed by atoms with E-state index in [-0.39, 0.29) is 48.9 Å². The Morgan fingerprint density at radius 2 is 1.53 bits per heavy atom. The Morgan fingerprint density at radius 1 is 0.972 bits per heavy atom. The van der Waals surface area contributed by atoms with Crippen LogP contribution in [-0.2, 0) is 33.2 Å². The minimum Gasteiger partial charge on any atom is -0.466 e. The maximum Gasteiger partial charge on any atom is 0.416 e. The molecular formula is C26H25F6NO3. The summed E-state index contributed by atoms with van der Waals surface area (Å²) >= 11 is 0. The molecule has 2 aromatic carbocycles. The number of nitrogens with zero attached hydrogens (tertiary/aromatic N) is 1. The van der Waals surface area contributed by atoms with E-state index in [0.717, 1.165) is 0 Å². The van der Waals surface area contributed by atoms with E-state index in [0.29, 0.717) is 17.7 Å². The lowest BCUT2D eigenvalue weighted by atomic mass is 9.79. The van der Waals surface area contributed by atoms with Crippen LogP contribution in [-0.4, -0.2) is 23.4 Å². The van der Waals surface area contributed by atoms with Crippen LogP contribution in [0.1, 0.15) is 55.9 Å². The van der Waals surface area contributed by atoms with Crippen molar-refractivity contribution in [2.24, 2.45) is 5.41 Å². The molecule has 1 aliphatic heterocycles. The summed E-state index contributed by atoms with van der Waals surface area (Å²) in [6, 6.07) is 9.84. The second-order valence-corrected chi connectivity index (χ2v) is 8.78. The van der Waals surface area contributed by atoms with Crippen molar-refractivity contribution in [2.75, 3.05) is 6.61 Å². The molecule has 0 N–H and O–H groups in total. The molecule has 0 bridgehead atoms. The zero-order chi connectivity index (χ0) is 26.9. The molecule has 1 amide bonds. The van der Waals surface area contributed by atoms with Gasteiger partial charge < -0.3 is 9.64 Å². The fourth-order valence-corrected chi connectivity index (χ4v) is 4.28. The van der Waals surface area contributed by atoms with Crippen LogP contribution in [0.5, 0.6) is 0 Å². The Balaban J connectivity index is 2.19. The Hall–Kier alpha value is -3.30. The molecule has 1 heterocycles. The third-order valence-corrected chi connectivity index (χ3v) is 6.35. The third kappa shape index (κ3) is 5.57. The standard InChI is InChI=1S/C26H25F6NO3/c1-4-36-21(34)10-11-24(3)16(2)22(33(23(24)35)15-17-8-6-5-7-9-17)18-12-19(25(27,28)29)14-20(13-18)26(30,31)32/h5-9,12-14H,4,10-11,15H2,1-3H3. The second kappa shape index (κ2) is 9.99. The van der Waals surface area contributed by atoms with E-state index >= 15 is 0 Å². The number of carbonyl (C=O) groups is 2. The molecule has 0 radical (unpaired) electrons. The summed E-state index contributed by atoms with van der Waals surface area (Å²) in [4.78, 5) is 26.8. The SMILES string of the molecule is CCOC(=O)CCC1(C)C(=O)N(Cc2ccccc2)C(c2cc(C(F)(F)F)cc(C(F)(F)F)c2)=C1C. The largest absolute Gasteiger partial charge is 0.466 e. The van der Waals surface area contributed by atoms with Crippen molar-refractivity contribution in [3.8, 4) is 0 Å². The maximum atomic E-state index is 13.6. The molecule has 194 valence electrons. The molecule has 0 saturated heterocycles. The predicted octanol–water partition coefficient (Wildman–Crippen LogP) is 6.85. The number of esters is 1. The Morgan fingerprint density at radius 3 is 2.03 bits per heavy atom. The maximum absolute atomic E-state index is 13.6. The van der Waals surface area contributed by atoms with E-state index in [4.69, 9.17) is 4.74 Å². The molecule has 10 heteroatoms. The van der Waals surface area contributed by atoms with E-state index in [2.05, 4.69) is 0 Å². The van der Waals surface area contributed by atoms with Gasteiger partial charge in [0.1, 0.15) is 0 Å². The summed E-state index contributed by atoms with van der Waals surface area (Å²) < 4.78 is 86.3. The quantitative estimate of drug-likeness (QED) is 0.301. The van der Waals surface area contributed by atoms with Gasteiger partial charge in [0.15, 0.2) is 0 Å². The summed E-state index contributed by atoms with van der Waals surface area (Å²) in [6.07, 6.45) is -10.2. The Kier molecular flexibility index (Phi) is 7.57. The average Bonchev–Trinajstić information content (AvgIpc) is 2.98. The van der Waals surface area contributed by atoms with Crippen LogP contribution in [0.15, 0.2) is 54.1 Å². The van der Waals surface area contributed by atoms with Crippen molar-refractivity contribution in [2.45, 2.75) is 52.5 Å². The zero-order valence-corrected chi connectivity index (χ0v) is 19.9. The van der Waals surface area contributed by atoms with E-state index in [1.54, 1.807) is 37.3 Å². The van der Waals surface area contributed by atoms with Gasteiger partial charge in [0.2, 0.25) is 5.91 Å². The average molecular weight is 513 g/mol. The van der Waals surface area contributed by atoms with Gasteiger partial charge in [-0.25, -0.2) is 0 Å². The van der Waals surface area contributed by atoms with Gasteiger partial charge >= 0.3 is 18.3 Å². The lowest BCUT2D eigenvalue weighted by molar-refractivity contribution is -0.145. The number of hydrogen-bond donors (Lipinski definition) is 0. The third-order valence-electron chi connectivity index (χ3n) is 6.35. The number of halogens is 6. The molecule has 1 unspecified atom stereocenters. The number of benzene rings is 2. The van der Waals surface area contributed by atoms with Crippen molar-refractivity contribution in [3.63, 3.8) is 0 Å². The zero-order valence-electron chi connectivity index (χ0n) is 19.9. The van der Waals surface area contributed by atoms with E-state index in [1.807, 2.05) is 0 Å². The summed E-state index contributed by atoms with van der Waals surface area (Å²) in [5.74, 6) is -1.07. The molecule has 1 atom stereocenters. The van der Waals surface area contributed by atoms with Gasteiger partial charge in [-0.3, -0.25) is 9.59 Å². The normalized spacial score (nSPS) is 18.7. The highest BCUT2D eigenvalue weighted by Crippen LogP contribution is 2.49. The van der Waals surface area contributed by atoms with Gasteiger partial charge in [-0.05, 0) is 62.1 Å². The minimum atomic E-state index is -5.04. The van der Waals surface area contributed by atoms with Crippen LogP contribution >= 0.6 is 0 Å². The predicted molar refractivity (Wildman–Crippen MR) is 120 cm³/mol. The molecular weight excluding hydrogens is 488 g/mol. The fourth-order valence-electron chi connectivity index (χ4n) is 4.28. The summed E-state index contributed by atoms with van der Waals surface area (Å²) in [5, 5.41) is 0. The first-order chi connectivity index (χ1) is 16.7. The molecule has 0 fully saturated rings. The molecule has 0 saturated carbocycles. The smallest absolute Gasteiger partial charge is 0.416 e. The Bertz CT molecular complexity index is 1140. The number of carbonyl (C=O) groups excluding carboxylic acids is 2. The minimum absolute atomic E-state index is 0.0175. The van der Waals surface area contributed by atoms with E-state index in [1.165, 1.54) is 18.7 Å². The Labute approximate surface area is 204 Å². The molecule has 1 aliphatic rings. The first kappa shape index (κ1) is 27.3. The van der Waals surface area contributed by atoms with Crippen LogP contribution in [0.25, 0.3) is 5.70 Å². The molecule has 36 heavy (non-hydrogen) atoms. The lowest BCUT2D eigenvalue weighted by Crippen LogP contribution is -2.35. The van der Waals surface area contributed by atoms with Gasteiger partial charge in [-0.1, -0.05) is 30.3 Å². The van der Waals surface area contributed by atoms with Crippen LogP contribution < -0.4 is 0 Å². The van der Waals surface area contributed by atoms with Crippen LogP contribution in [0.4, 0.5) is 26.3 Å². The number of alkyl halides is 6. The van der Waals surface area contributed by atoms with Gasteiger partial charge in [0, 0.05) is 6.42 Å². The van der Waals surface area contributed by atoms with Gasteiger partial charge in [0.05, 0.1) is 35.4 Å². The monoisotopic (exact) mass is 513 g/mol. The van der Waals surface area contributed by atoms with Crippen molar-refractivity contribution in [1.82, 2.24) is 4.90 Å². The first-order valence-electron chi connectivity index (χ1n) is 11.2. The number of amides is 1. The lowest BCUT2D eigenvalue weighted by Gasteiger charge is -2.26. The van der Waals surface area contributed by atoms with Gasteiger partial charge in [-0.15, -0.1) is 0 Å². The summed E-state index contributed by atoms with van der Waals surface area (Å²) in [7, 11) is 0. The van der Waals surface area contributed by atoms with Gasteiger partial charge in [-0.2, -0.15) is 26.3 Å². The molecule has 0 aliphatic carbocycles. The topological polar surface area (TPSA) is 46.6 Å². The van der Waals surface area contributed by atoms with Crippen molar-refractivity contribution in [1.29, 1.82) is 0 Å². The second-order valence-electron chi connectivity index (χ2n) is 8.78. The van der Waals surface area contributed by atoms with Crippen LogP contribution in [0.2, 0.25) is 0 Å². The highest BCUT2D eigenvalue weighted by Gasteiger charge is 2.48. The van der Waals surface area contributed by atoms with Crippen LogP contribution in [0.3, 0.4) is 0 Å². The molecule has 0 spiro atoms. The first-order valence-corrected chi connectivity index (χ1v) is 11.2. The number of ether oxygens (including phenoxy) is 1. The fraction of sp³-hybridized carbons (Fsp3) is 0.385. The molecule has 0 aromatic heterocycles. The highest BCUT2D eigenvalue weighted by molar-refractivity contribution is 6.00. The molecule has 2 aromatic rings. The van der Waals surface area contributed by atoms with Crippen molar-refractivity contribution in [3.05, 3.63) is 76.4 Å².